The van der Waals surface area contributed by atoms with Crippen LogP contribution in [0.15, 0.2) is 15.7 Å². The molecule has 0 bridgehead atoms. The number of nitrogens with two attached hydrogens (primary N) is 1. The first kappa shape index (κ1) is 8.36. The van der Waals surface area contributed by atoms with Crippen LogP contribution in [-0.4, -0.2) is 17.7 Å². The molecule has 3 N–H and O–H groups in total. The Morgan fingerprint density at radius 1 is 1.73 bits per heavy atom. The van der Waals surface area contributed by atoms with Gasteiger partial charge in [-0.2, -0.15) is 0 Å². The highest BCUT2D eigenvalue weighted by Gasteiger charge is 2.19. The van der Waals surface area contributed by atoms with Crippen LogP contribution in [0, 0.1) is 0 Å². The molecule has 1 heterocycles. The van der Waals surface area contributed by atoms with Gasteiger partial charge in [0.2, 0.25) is 0 Å². The summed E-state index contributed by atoms with van der Waals surface area (Å²) >= 11 is 11.2. The number of nitrogens with one attached hydrogen (secondary N) is 1. The number of guanidine groups is 1. The average molecular weight is 194 g/mol. The highest BCUT2D eigenvalue weighted by Crippen LogP contribution is 2.18. The third-order valence-electron chi connectivity index (χ3n) is 1.13. The maximum absolute atomic E-state index is 10.3. The predicted molar refractivity (Wildman–Crippen MR) is 43.3 cm³/mol. The molecule has 4 nitrogen and oxygen atoms in total. The van der Waals surface area contributed by atoms with Crippen LogP contribution in [0.5, 0.6) is 0 Å². The fourth-order valence-corrected chi connectivity index (χ4v) is 1.19. The van der Waals surface area contributed by atoms with E-state index in [1.54, 1.807) is 0 Å². The normalized spacial score (nSPS) is 24.2. The van der Waals surface area contributed by atoms with Crippen LogP contribution in [0.1, 0.15) is 0 Å². The first-order valence-corrected chi connectivity index (χ1v) is 3.56. The highest BCUT2D eigenvalue weighted by atomic mass is 35.5. The van der Waals surface area contributed by atoms with Crippen molar-refractivity contribution < 1.29 is 4.79 Å². The molecular weight excluding hydrogens is 189 g/mol. The van der Waals surface area contributed by atoms with Gasteiger partial charge < -0.3 is 11.1 Å². The van der Waals surface area contributed by atoms with Gasteiger partial charge in [-0.3, -0.25) is 4.79 Å². The van der Waals surface area contributed by atoms with Crippen molar-refractivity contribution >= 4 is 35.4 Å². The van der Waals surface area contributed by atoms with Gasteiger partial charge in [0.25, 0.3) is 0 Å². The summed E-state index contributed by atoms with van der Waals surface area (Å²) < 4.78 is 0. The summed E-state index contributed by atoms with van der Waals surface area (Å²) in [7, 11) is 0. The molecule has 0 radical (unpaired) electrons. The van der Waals surface area contributed by atoms with E-state index in [0.29, 0.717) is 6.29 Å². The van der Waals surface area contributed by atoms with Crippen LogP contribution in [0.2, 0.25) is 0 Å². The molecule has 0 aromatic carbocycles. The molecule has 6 heteroatoms. The summed E-state index contributed by atoms with van der Waals surface area (Å²) in [6.07, 6.45) is 0.545. The lowest BCUT2D eigenvalue weighted by atomic mass is 10.3. The lowest BCUT2D eigenvalue weighted by Crippen LogP contribution is -2.35. The first-order valence-electron chi connectivity index (χ1n) is 2.74. The summed E-state index contributed by atoms with van der Waals surface area (Å²) in [5.41, 5.74) is 4.67. The van der Waals surface area contributed by atoms with E-state index in [1.165, 1.54) is 0 Å². The number of aliphatic imine (C=N–C) groups is 1. The highest BCUT2D eigenvalue weighted by molar-refractivity contribution is 6.35. The number of halogens is 2. The average Bonchev–Trinajstić information content (AvgIpc) is 1.85. The fourth-order valence-electron chi connectivity index (χ4n) is 0.621. The summed E-state index contributed by atoms with van der Waals surface area (Å²) in [6.45, 7) is 0. The summed E-state index contributed by atoms with van der Waals surface area (Å²) in [5, 5.41) is 2.60. The molecule has 0 amide bonds. The standard InChI is InChI=1S/C5H5Cl2N3O/c6-3-2(1-11)4(7)10-5(8)9-3/h1,3H,(H3,8,9,10)/t3-/m0/s1. The Hall–Kier alpha value is -0.740. The number of hydrogen-bond acceptors (Lipinski definition) is 4. The van der Waals surface area contributed by atoms with Crippen molar-refractivity contribution in [3.8, 4) is 0 Å². The molecule has 0 aromatic rings. The van der Waals surface area contributed by atoms with Crippen molar-refractivity contribution in [1.29, 1.82) is 0 Å². The minimum absolute atomic E-state index is 0.112. The van der Waals surface area contributed by atoms with Crippen molar-refractivity contribution in [3.05, 3.63) is 10.7 Å². The van der Waals surface area contributed by atoms with Gasteiger partial charge in [-0.1, -0.05) is 23.2 Å². The van der Waals surface area contributed by atoms with Crippen LogP contribution < -0.4 is 11.1 Å². The molecule has 1 aliphatic heterocycles. The third kappa shape index (κ3) is 1.64. The number of rotatable bonds is 1. The summed E-state index contributed by atoms with van der Waals surface area (Å²) in [6, 6.07) is 0. The predicted octanol–water partition coefficient (Wildman–Crippen LogP) is 0.118. The third-order valence-corrected chi connectivity index (χ3v) is 1.77. The number of aldehydes is 1. The zero-order valence-corrected chi connectivity index (χ0v) is 6.86. The Bertz CT molecular complexity index is 248. The number of alkyl halides is 1. The van der Waals surface area contributed by atoms with Gasteiger partial charge in [0.1, 0.15) is 5.16 Å². The van der Waals surface area contributed by atoms with Gasteiger partial charge in [0.15, 0.2) is 17.7 Å². The smallest absolute Gasteiger partial charge is 0.195 e. The van der Waals surface area contributed by atoms with Crippen molar-refractivity contribution in [2.75, 3.05) is 0 Å². The van der Waals surface area contributed by atoms with Gasteiger partial charge in [-0.05, 0) is 0 Å². The van der Waals surface area contributed by atoms with Crippen molar-refractivity contribution in [2.45, 2.75) is 5.50 Å². The SMILES string of the molecule is NC1=N[C@H](Cl)C(C=O)=C(Cl)N1. The van der Waals surface area contributed by atoms with E-state index in [4.69, 9.17) is 28.9 Å². The number of carbonyl (C=O) groups excluding carboxylic acids is 1. The molecule has 0 spiro atoms. The monoisotopic (exact) mass is 193 g/mol. The van der Waals surface area contributed by atoms with Crippen molar-refractivity contribution in [1.82, 2.24) is 5.32 Å². The van der Waals surface area contributed by atoms with Crippen molar-refractivity contribution in [2.24, 2.45) is 10.7 Å². The quantitative estimate of drug-likeness (QED) is 0.354. The Balaban J connectivity index is 2.93. The second-order valence-corrected chi connectivity index (χ2v) is 2.65. The number of hydrogen-bond donors (Lipinski definition) is 2. The molecular formula is C5H5Cl2N3O. The Kier molecular flexibility index (Phi) is 2.36. The summed E-state index contributed by atoms with van der Waals surface area (Å²) in [5.74, 6) is 0.112. The summed E-state index contributed by atoms with van der Waals surface area (Å²) in [4.78, 5) is 14.0. The molecule has 0 saturated heterocycles. The van der Waals surface area contributed by atoms with Gasteiger partial charge in [-0.15, -0.1) is 0 Å². The van der Waals surface area contributed by atoms with Crippen LogP contribution >= 0.6 is 23.2 Å². The molecule has 0 unspecified atom stereocenters. The van der Waals surface area contributed by atoms with Crippen molar-refractivity contribution in [3.63, 3.8) is 0 Å². The molecule has 0 aliphatic carbocycles. The lowest BCUT2D eigenvalue weighted by Gasteiger charge is -2.15. The van der Waals surface area contributed by atoms with E-state index >= 15 is 0 Å². The van der Waals surface area contributed by atoms with Crippen LogP contribution in [0.4, 0.5) is 0 Å². The van der Waals surface area contributed by atoms with E-state index in [0.717, 1.165) is 0 Å². The van der Waals surface area contributed by atoms with Gasteiger partial charge in [-0.25, -0.2) is 4.99 Å². The molecule has 0 fully saturated rings. The van der Waals surface area contributed by atoms with E-state index in [1.807, 2.05) is 0 Å². The maximum Gasteiger partial charge on any atom is 0.195 e. The number of nitrogens with zero attached hydrogens (tertiary/aromatic N) is 1. The fraction of sp³-hybridized carbons (Fsp3) is 0.200. The van der Waals surface area contributed by atoms with Crippen LogP contribution in [0.3, 0.4) is 0 Å². The van der Waals surface area contributed by atoms with Gasteiger partial charge in [0.05, 0.1) is 5.57 Å². The molecule has 0 saturated carbocycles. The van der Waals surface area contributed by atoms with Gasteiger partial charge >= 0.3 is 0 Å². The van der Waals surface area contributed by atoms with Crippen LogP contribution in [0.25, 0.3) is 0 Å². The second-order valence-electron chi connectivity index (χ2n) is 1.86. The number of carbonyl (C=O) groups is 1. The molecule has 1 aliphatic rings. The Morgan fingerprint density at radius 2 is 2.36 bits per heavy atom. The molecule has 0 aromatic heterocycles. The first-order chi connectivity index (χ1) is 5.15. The van der Waals surface area contributed by atoms with E-state index < -0.39 is 5.50 Å². The Morgan fingerprint density at radius 3 is 2.82 bits per heavy atom. The van der Waals surface area contributed by atoms with E-state index in [2.05, 4.69) is 10.3 Å². The molecule has 1 rings (SSSR count). The molecule has 11 heavy (non-hydrogen) atoms. The largest absolute Gasteiger partial charge is 0.370 e. The van der Waals surface area contributed by atoms with E-state index in [9.17, 15) is 4.79 Å². The topological polar surface area (TPSA) is 67.5 Å². The van der Waals surface area contributed by atoms with Crippen LogP contribution in [-0.2, 0) is 4.79 Å². The lowest BCUT2D eigenvalue weighted by molar-refractivity contribution is -0.105. The Labute approximate surface area is 73.1 Å². The van der Waals surface area contributed by atoms with Gasteiger partial charge in [0, 0.05) is 0 Å². The minimum Gasteiger partial charge on any atom is -0.370 e. The minimum atomic E-state index is -0.777. The molecule has 60 valence electrons. The maximum atomic E-state index is 10.3. The van der Waals surface area contributed by atoms with E-state index in [-0.39, 0.29) is 16.7 Å². The second kappa shape index (κ2) is 3.11. The zero-order valence-electron chi connectivity index (χ0n) is 5.34. The molecule has 1 atom stereocenters. The zero-order chi connectivity index (χ0) is 8.43.